The zero-order valence-electron chi connectivity index (χ0n) is 7.18. The lowest BCUT2D eigenvalue weighted by atomic mass is 10.1. The molecule has 15 heavy (non-hydrogen) atoms. The lowest BCUT2D eigenvalue weighted by Gasteiger charge is -2.06. The lowest BCUT2D eigenvalue weighted by Crippen LogP contribution is -2.11. The van der Waals surface area contributed by atoms with Crippen molar-refractivity contribution >= 4 is 5.97 Å². The number of pyridine rings is 1. The second-order valence-electron chi connectivity index (χ2n) is 2.75. The Hall–Kier alpha value is -1.66. The zero-order chi connectivity index (χ0) is 11.6. The number of aliphatic carboxylic acids is 1. The van der Waals surface area contributed by atoms with Gasteiger partial charge in [0.25, 0.3) is 0 Å². The second-order valence-corrected chi connectivity index (χ2v) is 2.75. The number of carboxylic acid groups (broad SMARTS) is 1. The van der Waals surface area contributed by atoms with E-state index in [4.69, 9.17) is 5.11 Å². The highest BCUT2D eigenvalue weighted by atomic mass is 19.4. The Morgan fingerprint density at radius 2 is 2.00 bits per heavy atom. The number of aromatic nitrogens is 1. The monoisotopic (exact) mass is 223 g/mol. The minimum atomic E-state index is -4.78. The minimum Gasteiger partial charge on any atom is -0.481 e. The van der Waals surface area contributed by atoms with Crippen molar-refractivity contribution in [2.24, 2.45) is 0 Å². The molecule has 0 aliphatic carbocycles. The summed E-state index contributed by atoms with van der Waals surface area (Å²) in [5.74, 6) is -2.69. The number of alkyl halides is 3. The third kappa shape index (κ3) is 3.19. The summed E-state index contributed by atoms with van der Waals surface area (Å²) in [4.78, 5) is 12.8. The van der Waals surface area contributed by atoms with Crippen LogP contribution in [0.1, 0.15) is 11.3 Å². The van der Waals surface area contributed by atoms with Crippen LogP contribution >= 0.6 is 0 Å². The molecule has 0 radical (unpaired) electrons. The molecule has 1 N–H and O–H groups in total. The molecule has 0 atom stereocenters. The number of rotatable bonds is 2. The molecule has 0 fully saturated rings. The van der Waals surface area contributed by atoms with Gasteiger partial charge in [-0.15, -0.1) is 0 Å². The average molecular weight is 223 g/mol. The van der Waals surface area contributed by atoms with Gasteiger partial charge in [-0.25, -0.2) is 4.98 Å². The van der Waals surface area contributed by atoms with Crippen molar-refractivity contribution in [2.45, 2.75) is 12.6 Å². The maximum Gasteiger partial charge on any atom is 0.433 e. The maximum atomic E-state index is 12.6. The molecule has 1 rings (SSSR count). The largest absolute Gasteiger partial charge is 0.481 e. The first-order valence-electron chi connectivity index (χ1n) is 3.74. The first-order chi connectivity index (χ1) is 6.79. The minimum absolute atomic E-state index is 0.276. The van der Waals surface area contributed by atoms with Gasteiger partial charge in [-0.1, -0.05) is 0 Å². The third-order valence-electron chi connectivity index (χ3n) is 1.50. The Bertz CT molecular complexity index is 389. The first kappa shape index (κ1) is 11.4. The van der Waals surface area contributed by atoms with Gasteiger partial charge in [-0.2, -0.15) is 17.6 Å². The van der Waals surface area contributed by atoms with Crippen LogP contribution < -0.4 is 0 Å². The van der Waals surface area contributed by atoms with E-state index in [0.717, 1.165) is 0 Å². The van der Waals surface area contributed by atoms with Crippen molar-refractivity contribution in [3.8, 4) is 0 Å². The predicted molar refractivity (Wildman–Crippen MR) is 40.5 cm³/mol. The molecule has 0 aromatic carbocycles. The van der Waals surface area contributed by atoms with Gasteiger partial charge in [0.15, 0.2) is 0 Å². The summed E-state index contributed by atoms with van der Waals surface area (Å²) < 4.78 is 48.9. The molecule has 3 nitrogen and oxygen atoms in total. The summed E-state index contributed by atoms with van der Waals surface area (Å²) in [6, 6.07) is 1.17. The van der Waals surface area contributed by atoms with Crippen LogP contribution in [-0.2, 0) is 17.4 Å². The van der Waals surface area contributed by atoms with Crippen LogP contribution in [0, 0.1) is 5.95 Å². The fourth-order valence-electron chi connectivity index (χ4n) is 0.972. The molecule has 1 aromatic rings. The van der Waals surface area contributed by atoms with Crippen LogP contribution in [0.2, 0.25) is 0 Å². The Morgan fingerprint density at radius 1 is 1.40 bits per heavy atom. The molecule has 7 heteroatoms. The van der Waals surface area contributed by atoms with Gasteiger partial charge < -0.3 is 5.11 Å². The van der Waals surface area contributed by atoms with Crippen LogP contribution in [0.3, 0.4) is 0 Å². The number of carboxylic acids is 1. The van der Waals surface area contributed by atoms with E-state index in [9.17, 15) is 22.4 Å². The van der Waals surface area contributed by atoms with Crippen molar-refractivity contribution in [1.29, 1.82) is 0 Å². The number of carbonyl (C=O) groups is 1. The Labute approximate surface area is 81.4 Å². The van der Waals surface area contributed by atoms with Crippen LogP contribution in [0.25, 0.3) is 0 Å². The second kappa shape index (κ2) is 3.84. The van der Waals surface area contributed by atoms with Gasteiger partial charge in [-0.3, -0.25) is 4.79 Å². The quantitative estimate of drug-likeness (QED) is 0.615. The molecule has 0 saturated carbocycles. The first-order valence-corrected chi connectivity index (χ1v) is 3.74. The van der Waals surface area contributed by atoms with E-state index in [1.807, 2.05) is 0 Å². The van der Waals surface area contributed by atoms with Crippen LogP contribution in [0.5, 0.6) is 0 Å². The molecule has 0 saturated heterocycles. The average Bonchev–Trinajstić information content (AvgIpc) is 1.99. The Kier molecular flexibility index (Phi) is 2.92. The smallest absolute Gasteiger partial charge is 0.433 e. The van der Waals surface area contributed by atoms with Gasteiger partial charge in [0.05, 0.1) is 6.42 Å². The van der Waals surface area contributed by atoms with E-state index in [-0.39, 0.29) is 5.56 Å². The normalized spacial score (nSPS) is 11.5. The molecule has 0 amide bonds. The highest BCUT2D eigenvalue weighted by Crippen LogP contribution is 2.28. The summed E-state index contributed by atoms with van der Waals surface area (Å²) in [6.45, 7) is 0. The SMILES string of the molecule is O=C(O)Cc1cc(F)nc(C(F)(F)F)c1. The number of hydrogen-bond acceptors (Lipinski definition) is 2. The molecular weight excluding hydrogens is 218 g/mol. The summed E-state index contributed by atoms with van der Waals surface area (Å²) in [6.07, 6.45) is -5.46. The molecule has 0 aliphatic heterocycles. The van der Waals surface area contributed by atoms with Crippen molar-refractivity contribution in [2.75, 3.05) is 0 Å². The van der Waals surface area contributed by atoms with Crippen molar-refractivity contribution in [3.05, 3.63) is 29.3 Å². The zero-order valence-corrected chi connectivity index (χ0v) is 7.18. The van der Waals surface area contributed by atoms with Crippen LogP contribution in [0.15, 0.2) is 12.1 Å². The molecule has 0 aliphatic rings. The maximum absolute atomic E-state index is 12.6. The molecular formula is C8H5F4NO2. The van der Waals surface area contributed by atoms with Gasteiger partial charge in [0.2, 0.25) is 5.95 Å². The van der Waals surface area contributed by atoms with Gasteiger partial charge >= 0.3 is 12.1 Å². The van der Waals surface area contributed by atoms with E-state index in [1.165, 1.54) is 0 Å². The van der Waals surface area contributed by atoms with Crippen molar-refractivity contribution in [1.82, 2.24) is 4.98 Å². The number of nitrogens with zero attached hydrogens (tertiary/aromatic N) is 1. The van der Waals surface area contributed by atoms with Crippen LogP contribution in [-0.4, -0.2) is 16.1 Å². The molecule has 1 aromatic heterocycles. The molecule has 0 unspecified atom stereocenters. The summed E-state index contributed by atoms with van der Waals surface area (Å²) in [7, 11) is 0. The van der Waals surface area contributed by atoms with Gasteiger partial charge in [-0.05, 0) is 17.7 Å². The Morgan fingerprint density at radius 3 is 2.47 bits per heavy atom. The molecule has 0 bridgehead atoms. The Balaban J connectivity index is 3.11. The van der Waals surface area contributed by atoms with Crippen molar-refractivity contribution < 1.29 is 27.5 Å². The molecule has 1 heterocycles. The van der Waals surface area contributed by atoms with Gasteiger partial charge in [0.1, 0.15) is 5.69 Å². The highest BCUT2D eigenvalue weighted by molar-refractivity contribution is 5.70. The van der Waals surface area contributed by atoms with E-state index < -0.39 is 30.2 Å². The highest BCUT2D eigenvalue weighted by Gasteiger charge is 2.33. The third-order valence-corrected chi connectivity index (χ3v) is 1.50. The lowest BCUT2D eigenvalue weighted by molar-refractivity contribution is -0.142. The van der Waals surface area contributed by atoms with E-state index in [1.54, 1.807) is 0 Å². The van der Waals surface area contributed by atoms with Crippen LogP contribution in [0.4, 0.5) is 17.6 Å². The van der Waals surface area contributed by atoms with E-state index >= 15 is 0 Å². The van der Waals surface area contributed by atoms with Gasteiger partial charge in [0, 0.05) is 0 Å². The predicted octanol–water partition coefficient (Wildman–Crippen LogP) is 1.87. The fraction of sp³-hybridized carbons (Fsp3) is 0.250. The summed E-state index contributed by atoms with van der Waals surface area (Å²) in [5, 5.41) is 8.33. The topological polar surface area (TPSA) is 50.2 Å². The molecule has 0 spiro atoms. The van der Waals surface area contributed by atoms with E-state index in [0.29, 0.717) is 12.1 Å². The molecule has 82 valence electrons. The fourth-order valence-corrected chi connectivity index (χ4v) is 0.972. The van der Waals surface area contributed by atoms with Crippen molar-refractivity contribution in [3.63, 3.8) is 0 Å². The van der Waals surface area contributed by atoms with E-state index in [2.05, 4.69) is 4.98 Å². The summed E-state index contributed by atoms with van der Waals surface area (Å²) in [5.41, 5.74) is -1.71. The number of hydrogen-bond donors (Lipinski definition) is 1. The summed E-state index contributed by atoms with van der Waals surface area (Å²) >= 11 is 0. The number of halogens is 4. The standard InChI is InChI=1S/C8H5F4NO2/c9-6-2-4(3-7(14)15)1-5(13-6)8(10,11)12/h1-2H,3H2,(H,14,15).